The zero-order valence-corrected chi connectivity index (χ0v) is 8.51. The molecule has 0 saturated heterocycles. The molecule has 2 rings (SSSR count). The van der Waals surface area contributed by atoms with E-state index in [2.05, 4.69) is 0 Å². The monoisotopic (exact) mass is 207 g/mol. The summed E-state index contributed by atoms with van der Waals surface area (Å²) in [7, 11) is 0. The maximum absolute atomic E-state index is 5.82. The van der Waals surface area contributed by atoms with Crippen LogP contribution in [-0.4, -0.2) is 0 Å². The number of furan rings is 1. The van der Waals surface area contributed by atoms with E-state index >= 15 is 0 Å². The van der Waals surface area contributed by atoms with Gasteiger partial charge in [0.25, 0.3) is 0 Å². The van der Waals surface area contributed by atoms with Crippen LogP contribution in [0.5, 0.6) is 0 Å². The summed E-state index contributed by atoms with van der Waals surface area (Å²) in [6.45, 7) is 1.90. The van der Waals surface area contributed by atoms with Crippen LogP contribution in [0.15, 0.2) is 34.7 Å². The molecule has 0 aliphatic rings. The maximum Gasteiger partial charge on any atom is 0.136 e. The number of hydrogen-bond acceptors (Lipinski definition) is 2. The van der Waals surface area contributed by atoms with Crippen molar-refractivity contribution in [3.8, 4) is 11.3 Å². The first-order chi connectivity index (χ1) is 6.66. The molecule has 0 aliphatic heterocycles. The predicted molar refractivity (Wildman–Crippen MR) is 58.3 cm³/mol. The largest absolute Gasteiger partial charge is 0.461 e. The van der Waals surface area contributed by atoms with Crippen molar-refractivity contribution in [3.63, 3.8) is 0 Å². The molecule has 0 spiro atoms. The summed E-state index contributed by atoms with van der Waals surface area (Å²) in [5.74, 6) is 1.64. The molecule has 0 radical (unpaired) electrons. The summed E-state index contributed by atoms with van der Waals surface area (Å²) in [4.78, 5) is 0. The van der Waals surface area contributed by atoms with E-state index in [-0.39, 0.29) is 0 Å². The van der Waals surface area contributed by atoms with Crippen LogP contribution in [0, 0.1) is 6.92 Å². The molecule has 3 heteroatoms. The Morgan fingerprint density at radius 2 is 2.00 bits per heavy atom. The third-order valence-electron chi connectivity index (χ3n) is 2.02. The highest BCUT2D eigenvalue weighted by atomic mass is 35.5. The SMILES string of the molecule is Cc1ccc(-c2ccc(Cl)cc2N)o1. The zero-order valence-electron chi connectivity index (χ0n) is 7.75. The van der Waals surface area contributed by atoms with Crippen LogP contribution >= 0.6 is 11.6 Å². The Labute approximate surface area is 87.3 Å². The van der Waals surface area contributed by atoms with Crippen molar-refractivity contribution in [2.75, 3.05) is 5.73 Å². The van der Waals surface area contributed by atoms with Gasteiger partial charge in [0, 0.05) is 16.3 Å². The zero-order chi connectivity index (χ0) is 10.1. The van der Waals surface area contributed by atoms with E-state index in [1.807, 2.05) is 25.1 Å². The van der Waals surface area contributed by atoms with E-state index in [1.165, 1.54) is 0 Å². The van der Waals surface area contributed by atoms with Crippen LogP contribution in [0.4, 0.5) is 5.69 Å². The first kappa shape index (κ1) is 9.16. The van der Waals surface area contributed by atoms with Crippen LogP contribution in [0.3, 0.4) is 0 Å². The fraction of sp³-hybridized carbons (Fsp3) is 0.0909. The summed E-state index contributed by atoms with van der Waals surface area (Å²) in [6, 6.07) is 9.17. The average molecular weight is 208 g/mol. The Kier molecular flexibility index (Phi) is 2.22. The maximum atomic E-state index is 5.82. The molecule has 2 nitrogen and oxygen atoms in total. The minimum Gasteiger partial charge on any atom is -0.461 e. The van der Waals surface area contributed by atoms with Gasteiger partial charge in [0.05, 0.1) is 0 Å². The molecular formula is C11H10ClNO. The van der Waals surface area contributed by atoms with Crippen molar-refractivity contribution in [3.05, 3.63) is 41.1 Å². The number of anilines is 1. The number of benzene rings is 1. The van der Waals surface area contributed by atoms with Gasteiger partial charge in [-0.3, -0.25) is 0 Å². The third-order valence-corrected chi connectivity index (χ3v) is 2.25. The van der Waals surface area contributed by atoms with Gasteiger partial charge in [-0.25, -0.2) is 0 Å². The number of aryl methyl sites for hydroxylation is 1. The van der Waals surface area contributed by atoms with Crippen LogP contribution < -0.4 is 5.73 Å². The van der Waals surface area contributed by atoms with Crippen LogP contribution in [0.2, 0.25) is 5.02 Å². The molecule has 0 saturated carbocycles. The normalized spacial score (nSPS) is 10.4. The molecule has 0 amide bonds. The fourth-order valence-corrected chi connectivity index (χ4v) is 1.52. The molecule has 0 fully saturated rings. The van der Waals surface area contributed by atoms with E-state index in [4.69, 9.17) is 21.8 Å². The van der Waals surface area contributed by atoms with Gasteiger partial charge in [-0.2, -0.15) is 0 Å². The Hall–Kier alpha value is -1.41. The minimum atomic E-state index is 0.631. The van der Waals surface area contributed by atoms with E-state index in [0.29, 0.717) is 10.7 Å². The summed E-state index contributed by atoms with van der Waals surface area (Å²) in [5.41, 5.74) is 7.33. The Balaban J connectivity index is 2.52. The first-order valence-corrected chi connectivity index (χ1v) is 4.66. The third kappa shape index (κ3) is 1.61. The minimum absolute atomic E-state index is 0.631. The number of halogens is 1. The lowest BCUT2D eigenvalue weighted by Crippen LogP contribution is -1.88. The summed E-state index contributed by atoms with van der Waals surface area (Å²) in [5, 5.41) is 0.634. The van der Waals surface area contributed by atoms with E-state index < -0.39 is 0 Å². The lowest BCUT2D eigenvalue weighted by molar-refractivity contribution is 0.548. The predicted octanol–water partition coefficient (Wildman–Crippen LogP) is 3.49. The second-order valence-corrected chi connectivity index (χ2v) is 3.58. The molecule has 0 unspecified atom stereocenters. The molecule has 0 aliphatic carbocycles. The van der Waals surface area contributed by atoms with Crippen LogP contribution in [-0.2, 0) is 0 Å². The van der Waals surface area contributed by atoms with Crippen molar-refractivity contribution in [2.45, 2.75) is 6.92 Å². The van der Waals surface area contributed by atoms with Gasteiger partial charge in [0.15, 0.2) is 0 Å². The number of rotatable bonds is 1. The molecule has 2 N–H and O–H groups in total. The molecule has 1 aromatic carbocycles. The molecule has 1 heterocycles. The Morgan fingerprint density at radius 3 is 2.57 bits per heavy atom. The summed E-state index contributed by atoms with van der Waals surface area (Å²) in [6.07, 6.45) is 0. The van der Waals surface area contributed by atoms with E-state index in [9.17, 15) is 0 Å². The first-order valence-electron chi connectivity index (χ1n) is 4.28. The average Bonchev–Trinajstić information content (AvgIpc) is 2.51. The molecule has 2 aromatic rings. The van der Waals surface area contributed by atoms with Gasteiger partial charge in [0.2, 0.25) is 0 Å². The molecule has 72 valence electrons. The molecule has 0 bridgehead atoms. The second-order valence-electron chi connectivity index (χ2n) is 3.14. The highest BCUT2D eigenvalue weighted by molar-refractivity contribution is 6.31. The van der Waals surface area contributed by atoms with Crippen molar-refractivity contribution >= 4 is 17.3 Å². The van der Waals surface area contributed by atoms with E-state index in [0.717, 1.165) is 17.1 Å². The van der Waals surface area contributed by atoms with Crippen molar-refractivity contribution in [1.82, 2.24) is 0 Å². The Bertz CT molecular complexity index is 462. The van der Waals surface area contributed by atoms with Gasteiger partial charge < -0.3 is 10.2 Å². The standard InChI is InChI=1S/C11H10ClNO/c1-7-2-5-11(14-7)9-4-3-8(12)6-10(9)13/h2-6H,13H2,1H3. The molecule has 14 heavy (non-hydrogen) atoms. The van der Waals surface area contributed by atoms with E-state index in [1.54, 1.807) is 12.1 Å². The highest BCUT2D eigenvalue weighted by Gasteiger charge is 2.06. The van der Waals surface area contributed by atoms with Gasteiger partial charge in [-0.05, 0) is 37.3 Å². The quantitative estimate of drug-likeness (QED) is 0.727. The van der Waals surface area contributed by atoms with Crippen molar-refractivity contribution < 1.29 is 4.42 Å². The summed E-state index contributed by atoms with van der Waals surface area (Å²) >= 11 is 5.80. The summed E-state index contributed by atoms with van der Waals surface area (Å²) < 4.78 is 5.47. The number of nitrogen functional groups attached to an aromatic ring is 1. The van der Waals surface area contributed by atoms with Crippen molar-refractivity contribution in [1.29, 1.82) is 0 Å². The lowest BCUT2D eigenvalue weighted by Gasteiger charge is -2.02. The molecular weight excluding hydrogens is 198 g/mol. The van der Waals surface area contributed by atoms with Gasteiger partial charge >= 0.3 is 0 Å². The van der Waals surface area contributed by atoms with Gasteiger partial charge in [0.1, 0.15) is 11.5 Å². The molecule has 1 aromatic heterocycles. The smallest absolute Gasteiger partial charge is 0.136 e. The van der Waals surface area contributed by atoms with Crippen molar-refractivity contribution in [2.24, 2.45) is 0 Å². The molecule has 0 atom stereocenters. The topological polar surface area (TPSA) is 39.2 Å². The lowest BCUT2D eigenvalue weighted by atomic mass is 10.1. The second kappa shape index (κ2) is 3.39. The number of hydrogen-bond donors (Lipinski definition) is 1. The highest BCUT2D eigenvalue weighted by Crippen LogP contribution is 2.29. The van der Waals surface area contributed by atoms with Crippen LogP contribution in [0.25, 0.3) is 11.3 Å². The Morgan fingerprint density at radius 1 is 1.21 bits per heavy atom. The van der Waals surface area contributed by atoms with Gasteiger partial charge in [-0.1, -0.05) is 11.6 Å². The fourth-order valence-electron chi connectivity index (χ4n) is 1.34. The van der Waals surface area contributed by atoms with Gasteiger partial charge in [-0.15, -0.1) is 0 Å². The van der Waals surface area contributed by atoms with Crippen LogP contribution in [0.1, 0.15) is 5.76 Å². The number of nitrogens with two attached hydrogens (primary N) is 1.